The molecule has 0 fully saturated rings. The van der Waals surface area contributed by atoms with Crippen molar-refractivity contribution in [1.29, 1.82) is 0 Å². The summed E-state index contributed by atoms with van der Waals surface area (Å²) >= 11 is 0. The average Bonchev–Trinajstić information content (AvgIpc) is 2.75. The molecule has 0 saturated heterocycles. The zero-order valence-corrected chi connectivity index (χ0v) is 18.7. The fraction of sp³-hybridized carbons (Fsp3) is 0.240. The summed E-state index contributed by atoms with van der Waals surface area (Å²) in [5.41, 5.74) is 0.830. The molecular formula is C25H25N3O5. The molecule has 0 aromatic heterocycles. The van der Waals surface area contributed by atoms with Gasteiger partial charge in [-0.05, 0) is 50.4 Å². The zero-order chi connectivity index (χ0) is 23.6. The van der Waals surface area contributed by atoms with E-state index in [4.69, 9.17) is 9.47 Å². The quantitative estimate of drug-likeness (QED) is 0.612. The van der Waals surface area contributed by atoms with Crippen LogP contribution in [0.2, 0.25) is 0 Å². The van der Waals surface area contributed by atoms with Crippen molar-refractivity contribution in [2.24, 2.45) is 0 Å². The highest BCUT2D eigenvalue weighted by Crippen LogP contribution is 2.35. The highest BCUT2D eigenvalue weighted by molar-refractivity contribution is 6.08. The van der Waals surface area contributed by atoms with Gasteiger partial charge < -0.3 is 14.8 Å². The number of nitrogens with one attached hydrogen (secondary N) is 2. The summed E-state index contributed by atoms with van der Waals surface area (Å²) in [4.78, 5) is 38.9. The van der Waals surface area contributed by atoms with Gasteiger partial charge in [-0.15, -0.1) is 0 Å². The Bertz CT molecular complexity index is 1230. The Morgan fingerprint density at radius 2 is 1.79 bits per heavy atom. The number of hydrogen-bond acceptors (Lipinski definition) is 5. The average molecular weight is 447 g/mol. The number of nitrogens with zero attached hydrogens (tertiary/aromatic N) is 1. The molecule has 0 aliphatic carbocycles. The molecule has 0 bridgehead atoms. The van der Waals surface area contributed by atoms with Crippen molar-refractivity contribution in [3.8, 4) is 5.75 Å². The number of amides is 3. The van der Waals surface area contributed by atoms with Gasteiger partial charge in [-0.1, -0.05) is 36.4 Å². The predicted octanol–water partition coefficient (Wildman–Crippen LogP) is 4.55. The maximum absolute atomic E-state index is 12.9. The van der Waals surface area contributed by atoms with Crippen molar-refractivity contribution in [1.82, 2.24) is 0 Å². The van der Waals surface area contributed by atoms with Gasteiger partial charge in [0, 0.05) is 16.8 Å². The van der Waals surface area contributed by atoms with Crippen LogP contribution in [0.1, 0.15) is 20.8 Å². The van der Waals surface area contributed by atoms with E-state index in [1.165, 1.54) is 4.90 Å². The van der Waals surface area contributed by atoms with Gasteiger partial charge >= 0.3 is 6.09 Å². The molecule has 0 atom stereocenters. The van der Waals surface area contributed by atoms with Crippen molar-refractivity contribution in [2.45, 2.75) is 26.4 Å². The molecule has 2 N–H and O–H groups in total. The molecule has 3 aromatic carbocycles. The number of hydrogen-bond donors (Lipinski definition) is 2. The summed E-state index contributed by atoms with van der Waals surface area (Å²) in [5.74, 6) is -0.259. The van der Waals surface area contributed by atoms with Crippen LogP contribution in [0.4, 0.5) is 21.9 Å². The normalized spacial score (nSPS) is 13.2. The molecule has 0 radical (unpaired) electrons. The maximum atomic E-state index is 12.9. The van der Waals surface area contributed by atoms with Gasteiger partial charge in [0.1, 0.15) is 17.9 Å². The Kier molecular flexibility index (Phi) is 5.91. The highest BCUT2D eigenvalue weighted by atomic mass is 16.6. The second-order valence-electron chi connectivity index (χ2n) is 8.65. The molecule has 1 aliphatic rings. The van der Waals surface area contributed by atoms with E-state index in [-0.39, 0.29) is 25.0 Å². The molecule has 1 aliphatic heterocycles. The fourth-order valence-corrected chi connectivity index (χ4v) is 3.54. The first-order valence-electron chi connectivity index (χ1n) is 10.5. The van der Waals surface area contributed by atoms with Crippen LogP contribution in [0.15, 0.2) is 60.7 Å². The molecule has 3 amide bonds. The lowest BCUT2D eigenvalue weighted by atomic mass is 10.1. The van der Waals surface area contributed by atoms with Crippen molar-refractivity contribution in [3.63, 3.8) is 0 Å². The van der Waals surface area contributed by atoms with Gasteiger partial charge in [-0.25, -0.2) is 4.79 Å². The van der Waals surface area contributed by atoms with Gasteiger partial charge in [0.05, 0.1) is 5.69 Å². The van der Waals surface area contributed by atoms with Crippen LogP contribution in [0.5, 0.6) is 5.75 Å². The van der Waals surface area contributed by atoms with Crippen LogP contribution in [0.25, 0.3) is 10.8 Å². The third-order valence-electron chi connectivity index (χ3n) is 4.91. The minimum absolute atomic E-state index is 0.173. The van der Waals surface area contributed by atoms with Gasteiger partial charge in [0.25, 0.3) is 5.91 Å². The van der Waals surface area contributed by atoms with E-state index in [2.05, 4.69) is 10.6 Å². The van der Waals surface area contributed by atoms with Crippen molar-refractivity contribution in [3.05, 3.63) is 60.7 Å². The summed E-state index contributed by atoms with van der Waals surface area (Å²) in [5, 5.41) is 7.44. The van der Waals surface area contributed by atoms with E-state index in [1.54, 1.807) is 39.0 Å². The lowest BCUT2D eigenvalue weighted by Crippen LogP contribution is -2.43. The molecule has 3 aromatic rings. The number of fused-ring (bicyclic) bond motifs is 2. The second-order valence-corrected chi connectivity index (χ2v) is 8.65. The van der Waals surface area contributed by atoms with Gasteiger partial charge in [-0.2, -0.15) is 0 Å². The summed E-state index contributed by atoms with van der Waals surface area (Å²) < 4.78 is 10.8. The largest absolute Gasteiger partial charge is 0.482 e. The first-order chi connectivity index (χ1) is 15.7. The summed E-state index contributed by atoms with van der Waals surface area (Å²) in [6.07, 6.45) is -0.620. The third kappa shape index (κ3) is 5.23. The summed E-state index contributed by atoms with van der Waals surface area (Å²) in [6, 6.07) is 18.2. The topological polar surface area (TPSA) is 97.0 Å². The summed E-state index contributed by atoms with van der Waals surface area (Å²) in [7, 11) is 0. The number of rotatable bonds is 4. The van der Waals surface area contributed by atoms with Crippen LogP contribution >= 0.6 is 0 Å². The Morgan fingerprint density at radius 3 is 2.58 bits per heavy atom. The molecular weight excluding hydrogens is 422 g/mol. The molecule has 0 unspecified atom stereocenters. The fourth-order valence-electron chi connectivity index (χ4n) is 3.54. The monoisotopic (exact) mass is 447 g/mol. The molecule has 0 saturated carbocycles. The van der Waals surface area contributed by atoms with Crippen LogP contribution < -0.4 is 20.3 Å². The first kappa shape index (κ1) is 22.1. The van der Waals surface area contributed by atoms with E-state index in [1.807, 2.05) is 42.5 Å². The predicted molar refractivity (Wildman–Crippen MR) is 127 cm³/mol. The smallest absolute Gasteiger partial charge is 0.412 e. The van der Waals surface area contributed by atoms with Crippen molar-refractivity contribution >= 4 is 45.7 Å². The number of ether oxygens (including phenoxy) is 2. The Hall–Kier alpha value is -4.07. The zero-order valence-electron chi connectivity index (χ0n) is 18.7. The van der Waals surface area contributed by atoms with Gasteiger partial charge in [0.2, 0.25) is 5.91 Å². The molecule has 170 valence electrons. The van der Waals surface area contributed by atoms with Crippen LogP contribution in [-0.2, 0) is 14.3 Å². The standard InChI is InChI=1S/C25H25N3O5/c1-25(2,3)33-24(31)26-17-11-12-21-20(13-17)28(23(30)15-32-21)14-22(29)27-19-10-6-8-16-7-4-5-9-18(16)19/h4-13H,14-15H2,1-3H3,(H,26,31)(H,27,29). The number of carbonyl (C=O) groups excluding carboxylic acids is 3. The Labute approximate surface area is 191 Å². The van der Waals surface area contributed by atoms with Crippen LogP contribution in [0.3, 0.4) is 0 Å². The van der Waals surface area contributed by atoms with Gasteiger partial charge in [0.15, 0.2) is 6.61 Å². The minimum atomic E-state index is -0.650. The van der Waals surface area contributed by atoms with Crippen LogP contribution in [-0.4, -0.2) is 36.7 Å². The lowest BCUT2D eigenvalue weighted by Gasteiger charge is -2.29. The van der Waals surface area contributed by atoms with E-state index in [0.29, 0.717) is 22.8 Å². The lowest BCUT2D eigenvalue weighted by molar-refractivity contribution is -0.123. The van der Waals surface area contributed by atoms with Gasteiger partial charge in [-0.3, -0.25) is 19.8 Å². The van der Waals surface area contributed by atoms with E-state index < -0.39 is 11.7 Å². The Morgan fingerprint density at radius 1 is 1.03 bits per heavy atom. The molecule has 8 nitrogen and oxygen atoms in total. The third-order valence-corrected chi connectivity index (χ3v) is 4.91. The molecule has 0 spiro atoms. The molecule has 4 rings (SSSR count). The van der Waals surface area contributed by atoms with Crippen LogP contribution in [0, 0.1) is 0 Å². The first-order valence-corrected chi connectivity index (χ1v) is 10.5. The molecule has 8 heteroatoms. The van der Waals surface area contributed by atoms with E-state index in [0.717, 1.165) is 10.8 Å². The number of anilines is 3. The second kappa shape index (κ2) is 8.82. The van der Waals surface area contributed by atoms with Crippen molar-refractivity contribution < 1.29 is 23.9 Å². The Balaban J connectivity index is 1.53. The highest BCUT2D eigenvalue weighted by Gasteiger charge is 2.28. The number of benzene rings is 3. The molecule has 33 heavy (non-hydrogen) atoms. The number of carbonyl (C=O) groups is 3. The van der Waals surface area contributed by atoms with Crippen molar-refractivity contribution in [2.75, 3.05) is 28.7 Å². The molecule has 1 heterocycles. The van der Waals surface area contributed by atoms with E-state index >= 15 is 0 Å². The van der Waals surface area contributed by atoms with E-state index in [9.17, 15) is 14.4 Å². The maximum Gasteiger partial charge on any atom is 0.412 e. The summed E-state index contributed by atoms with van der Waals surface area (Å²) in [6.45, 7) is 4.93. The minimum Gasteiger partial charge on any atom is -0.482 e. The SMILES string of the molecule is CC(C)(C)OC(=O)Nc1ccc2c(c1)N(CC(=O)Nc1cccc3ccccc13)C(=O)CO2.